The van der Waals surface area contributed by atoms with Crippen molar-refractivity contribution in [3.8, 4) is 0 Å². The van der Waals surface area contributed by atoms with Gasteiger partial charge in [-0.1, -0.05) is 19.9 Å². The Balaban J connectivity index is 1.34. The van der Waals surface area contributed by atoms with Crippen molar-refractivity contribution in [1.29, 1.82) is 0 Å². The Hall–Kier alpha value is -0.460. The normalized spacial score (nSPS) is 49.5. The summed E-state index contributed by atoms with van der Waals surface area (Å²) < 4.78 is 17.5. The molecule has 0 radical (unpaired) electrons. The zero-order valence-electron chi connectivity index (χ0n) is 20.5. The zero-order chi connectivity index (χ0) is 22.6. The van der Waals surface area contributed by atoms with Crippen LogP contribution in [0.1, 0.15) is 78.6 Å². The predicted octanol–water partition coefficient (Wildman–Crippen LogP) is 4.42. The molecule has 1 heterocycles. The fourth-order valence-electron chi connectivity index (χ4n) is 8.90. The predicted molar refractivity (Wildman–Crippen MR) is 125 cm³/mol. The third-order valence-corrected chi connectivity index (χ3v) is 10.8. The lowest BCUT2D eigenvalue weighted by Gasteiger charge is -2.63. The standard InChI is InChI=1S/C27H45NO4/c1-18(24-31-14-15-32-24)16-20-6-11-27(29)23-5-4-19-17-21(30-13-12-28)7-9-25(19,2)22(23)8-10-26(20,27)3/h16,19-24,29H,4-15,17,28H2,1-3H3/b18-16-/t19?,20-,21?,22+,23-,25+,26-,27-/m1/s1. The Morgan fingerprint density at radius 1 is 1.03 bits per heavy atom. The molecule has 32 heavy (non-hydrogen) atoms. The number of nitrogens with two attached hydrogens (primary N) is 1. The molecule has 2 unspecified atom stereocenters. The van der Waals surface area contributed by atoms with Crippen molar-refractivity contribution in [2.45, 2.75) is 96.6 Å². The highest BCUT2D eigenvalue weighted by molar-refractivity contribution is 5.21. The number of ether oxygens (including phenoxy) is 3. The van der Waals surface area contributed by atoms with Crippen LogP contribution in [-0.4, -0.2) is 49.5 Å². The molecule has 0 aromatic carbocycles. The minimum absolute atomic E-state index is 0.0430. The van der Waals surface area contributed by atoms with Gasteiger partial charge in [0.05, 0.1) is 31.5 Å². The highest BCUT2D eigenvalue weighted by Crippen LogP contribution is 2.69. The Bertz CT molecular complexity index is 720. The summed E-state index contributed by atoms with van der Waals surface area (Å²) in [7, 11) is 0. The molecule has 0 bridgehead atoms. The van der Waals surface area contributed by atoms with E-state index in [4.69, 9.17) is 19.9 Å². The average molecular weight is 448 g/mol. The van der Waals surface area contributed by atoms with E-state index >= 15 is 0 Å². The summed E-state index contributed by atoms with van der Waals surface area (Å²) in [5.74, 6) is 2.21. The van der Waals surface area contributed by atoms with Gasteiger partial charge < -0.3 is 25.1 Å². The van der Waals surface area contributed by atoms with Crippen molar-refractivity contribution in [1.82, 2.24) is 0 Å². The molecule has 8 atom stereocenters. The van der Waals surface area contributed by atoms with Crippen molar-refractivity contribution < 1.29 is 19.3 Å². The van der Waals surface area contributed by atoms with E-state index in [0.717, 1.165) is 31.6 Å². The largest absolute Gasteiger partial charge is 0.389 e. The lowest BCUT2D eigenvalue weighted by Crippen LogP contribution is -2.62. The molecular formula is C27H45NO4. The molecule has 0 aromatic heterocycles. The summed E-state index contributed by atoms with van der Waals surface area (Å²) in [5, 5.41) is 12.4. The minimum atomic E-state index is -0.546. The Labute approximate surface area is 194 Å². The quantitative estimate of drug-likeness (QED) is 0.610. The zero-order valence-corrected chi connectivity index (χ0v) is 20.5. The molecule has 1 aliphatic heterocycles. The van der Waals surface area contributed by atoms with Crippen LogP contribution in [0.5, 0.6) is 0 Å². The molecule has 5 nitrogen and oxygen atoms in total. The molecule has 4 aliphatic carbocycles. The van der Waals surface area contributed by atoms with Crippen LogP contribution in [0, 0.1) is 34.5 Å². The monoisotopic (exact) mass is 447 g/mol. The van der Waals surface area contributed by atoms with E-state index in [1.807, 2.05) is 0 Å². The maximum Gasteiger partial charge on any atom is 0.179 e. The van der Waals surface area contributed by atoms with Gasteiger partial charge in [-0.15, -0.1) is 0 Å². The van der Waals surface area contributed by atoms with Gasteiger partial charge in [-0.3, -0.25) is 0 Å². The third kappa shape index (κ3) is 3.53. The summed E-state index contributed by atoms with van der Waals surface area (Å²) in [4.78, 5) is 0. The van der Waals surface area contributed by atoms with E-state index in [9.17, 15) is 5.11 Å². The van der Waals surface area contributed by atoms with Crippen molar-refractivity contribution >= 4 is 0 Å². The maximum absolute atomic E-state index is 12.4. The lowest BCUT2D eigenvalue weighted by molar-refractivity contribution is -0.209. The van der Waals surface area contributed by atoms with E-state index in [-0.39, 0.29) is 11.7 Å². The fraction of sp³-hybridized carbons (Fsp3) is 0.926. The number of allylic oxidation sites excluding steroid dienone is 1. The van der Waals surface area contributed by atoms with Gasteiger partial charge in [0.15, 0.2) is 6.29 Å². The Kier molecular flexibility index (Phi) is 6.29. The van der Waals surface area contributed by atoms with Crippen molar-refractivity contribution in [3.63, 3.8) is 0 Å². The van der Waals surface area contributed by atoms with Crippen LogP contribution in [0.25, 0.3) is 0 Å². The van der Waals surface area contributed by atoms with Crippen LogP contribution < -0.4 is 5.73 Å². The molecule has 4 saturated carbocycles. The first-order valence-corrected chi connectivity index (χ1v) is 13.3. The molecule has 0 aromatic rings. The molecule has 5 aliphatic rings. The van der Waals surface area contributed by atoms with Gasteiger partial charge >= 0.3 is 0 Å². The molecule has 5 fully saturated rings. The first-order chi connectivity index (χ1) is 15.3. The van der Waals surface area contributed by atoms with Gasteiger partial charge in [-0.2, -0.15) is 0 Å². The number of hydrogen-bond donors (Lipinski definition) is 2. The average Bonchev–Trinajstić information content (AvgIpc) is 3.40. The van der Waals surface area contributed by atoms with Gasteiger partial charge in [-0.05, 0) is 99.4 Å². The summed E-state index contributed by atoms with van der Waals surface area (Å²) >= 11 is 0. The van der Waals surface area contributed by atoms with E-state index in [2.05, 4.69) is 26.8 Å². The number of aliphatic hydroxyl groups is 1. The van der Waals surface area contributed by atoms with Crippen LogP contribution in [-0.2, 0) is 14.2 Å². The molecule has 5 rings (SSSR count). The van der Waals surface area contributed by atoms with Crippen LogP contribution in [0.2, 0.25) is 0 Å². The number of hydrogen-bond acceptors (Lipinski definition) is 5. The first-order valence-electron chi connectivity index (χ1n) is 13.3. The molecule has 1 saturated heterocycles. The maximum atomic E-state index is 12.4. The molecule has 0 spiro atoms. The fourth-order valence-corrected chi connectivity index (χ4v) is 8.90. The van der Waals surface area contributed by atoms with Gasteiger partial charge in [0.2, 0.25) is 0 Å². The van der Waals surface area contributed by atoms with Gasteiger partial charge in [0, 0.05) is 12.0 Å². The summed E-state index contributed by atoms with van der Waals surface area (Å²) in [6, 6.07) is 0. The van der Waals surface area contributed by atoms with Crippen LogP contribution in [0.15, 0.2) is 11.6 Å². The lowest BCUT2D eigenvalue weighted by atomic mass is 9.43. The van der Waals surface area contributed by atoms with Crippen molar-refractivity contribution in [2.24, 2.45) is 40.2 Å². The van der Waals surface area contributed by atoms with Crippen molar-refractivity contribution in [2.75, 3.05) is 26.4 Å². The van der Waals surface area contributed by atoms with E-state index in [0.29, 0.717) is 55.6 Å². The molecule has 5 heteroatoms. The van der Waals surface area contributed by atoms with E-state index in [1.165, 1.54) is 37.7 Å². The highest BCUT2D eigenvalue weighted by atomic mass is 16.7. The van der Waals surface area contributed by atoms with E-state index < -0.39 is 5.60 Å². The second-order valence-corrected chi connectivity index (χ2v) is 12.1. The molecule has 0 amide bonds. The summed E-state index contributed by atoms with van der Waals surface area (Å²) in [5.41, 5.74) is 6.62. The van der Waals surface area contributed by atoms with Crippen LogP contribution >= 0.6 is 0 Å². The van der Waals surface area contributed by atoms with Gasteiger partial charge in [0.25, 0.3) is 0 Å². The third-order valence-electron chi connectivity index (χ3n) is 10.8. The first kappa shape index (κ1) is 23.3. The molecular weight excluding hydrogens is 402 g/mol. The topological polar surface area (TPSA) is 73.9 Å². The highest BCUT2D eigenvalue weighted by Gasteiger charge is 2.66. The summed E-state index contributed by atoms with van der Waals surface area (Å²) in [6.07, 6.45) is 13.0. The SMILES string of the molecule is C/C(=C/[C@H]1CC[C@@]2(O)[C@@H]3CCC4CC(OCCN)CC[C@]4(C)[C@H]3CC[C@]12C)C1OCCO1. The number of rotatable bonds is 5. The van der Waals surface area contributed by atoms with E-state index in [1.54, 1.807) is 0 Å². The number of fused-ring (bicyclic) bond motifs is 5. The molecule has 182 valence electrons. The Morgan fingerprint density at radius 2 is 1.81 bits per heavy atom. The second-order valence-electron chi connectivity index (χ2n) is 12.1. The van der Waals surface area contributed by atoms with Gasteiger partial charge in [0.1, 0.15) is 0 Å². The van der Waals surface area contributed by atoms with Crippen LogP contribution in [0.4, 0.5) is 0 Å². The minimum Gasteiger partial charge on any atom is -0.389 e. The van der Waals surface area contributed by atoms with Crippen molar-refractivity contribution in [3.05, 3.63) is 11.6 Å². The van der Waals surface area contributed by atoms with Crippen LogP contribution in [0.3, 0.4) is 0 Å². The summed E-state index contributed by atoms with van der Waals surface area (Å²) in [6.45, 7) is 9.73. The smallest absolute Gasteiger partial charge is 0.179 e. The van der Waals surface area contributed by atoms with Gasteiger partial charge in [-0.25, -0.2) is 0 Å². The Morgan fingerprint density at radius 3 is 2.56 bits per heavy atom. The second kappa shape index (κ2) is 8.64. The molecule has 3 N–H and O–H groups in total.